The van der Waals surface area contributed by atoms with E-state index >= 15 is 0 Å². The molecule has 2 aliphatic heterocycles. The lowest BCUT2D eigenvalue weighted by molar-refractivity contribution is -0.115. The van der Waals surface area contributed by atoms with Crippen LogP contribution in [0.15, 0.2) is 29.3 Å². The van der Waals surface area contributed by atoms with Crippen molar-refractivity contribution >= 4 is 23.1 Å². The molecule has 4 nitrogen and oxygen atoms in total. The SMILES string of the molecule is O=C1CC(N2CCCC2)=Nc2ccccc2N1. The van der Waals surface area contributed by atoms with E-state index in [2.05, 4.69) is 15.2 Å². The lowest BCUT2D eigenvalue weighted by Crippen LogP contribution is -2.30. The number of aliphatic imine (C=N–C) groups is 1. The molecule has 0 aliphatic carbocycles. The number of rotatable bonds is 0. The van der Waals surface area contributed by atoms with E-state index in [1.165, 1.54) is 12.8 Å². The van der Waals surface area contributed by atoms with Crippen molar-refractivity contribution < 1.29 is 4.79 Å². The van der Waals surface area contributed by atoms with Crippen molar-refractivity contribution in [1.82, 2.24) is 4.90 Å². The molecule has 1 N–H and O–H groups in total. The predicted molar refractivity (Wildman–Crippen MR) is 67.6 cm³/mol. The highest BCUT2D eigenvalue weighted by Gasteiger charge is 2.22. The van der Waals surface area contributed by atoms with E-state index in [1.54, 1.807) is 0 Å². The summed E-state index contributed by atoms with van der Waals surface area (Å²) in [4.78, 5) is 18.6. The first kappa shape index (κ1) is 10.3. The van der Waals surface area contributed by atoms with Gasteiger partial charge in [0.2, 0.25) is 5.91 Å². The summed E-state index contributed by atoms with van der Waals surface area (Å²) in [6.45, 7) is 2.04. The van der Waals surface area contributed by atoms with Gasteiger partial charge in [-0.3, -0.25) is 4.79 Å². The maximum Gasteiger partial charge on any atom is 0.232 e. The van der Waals surface area contributed by atoms with Gasteiger partial charge in [0.05, 0.1) is 17.8 Å². The van der Waals surface area contributed by atoms with Gasteiger partial charge in [0.15, 0.2) is 0 Å². The second-order valence-electron chi connectivity index (χ2n) is 4.46. The Morgan fingerprint density at radius 3 is 2.76 bits per heavy atom. The highest BCUT2D eigenvalue weighted by Crippen LogP contribution is 2.28. The predicted octanol–water partition coefficient (Wildman–Crippen LogP) is 2.15. The average molecular weight is 229 g/mol. The van der Waals surface area contributed by atoms with E-state index in [9.17, 15) is 4.79 Å². The number of amidine groups is 1. The molecule has 0 spiro atoms. The largest absolute Gasteiger partial charge is 0.360 e. The van der Waals surface area contributed by atoms with Crippen molar-refractivity contribution in [2.24, 2.45) is 4.99 Å². The van der Waals surface area contributed by atoms with E-state index in [0.29, 0.717) is 6.42 Å². The number of hydrogen-bond acceptors (Lipinski definition) is 3. The van der Waals surface area contributed by atoms with Crippen LogP contribution >= 0.6 is 0 Å². The summed E-state index contributed by atoms with van der Waals surface area (Å²) in [6.07, 6.45) is 2.78. The molecular formula is C13H15N3O. The van der Waals surface area contributed by atoms with Crippen molar-refractivity contribution in [3.8, 4) is 0 Å². The zero-order valence-corrected chi connectivity index (χ0v) is 9.65. The maximum atomic E-state index is 11.8. The van der Waals surface area contributed by atoms with Crippen molar-refractivity contribution in [3.63, 3.8) is 0 Å². The minimum Gasteiger partial charge on any atom is -0.360 e. The zero-order valence-electron chi connectivity index (χ0n) is 9.65. The molecule has 1 saturated heterocycles. The Hall–Kier alpha value is -1.84. The summed E-state index contributed by atoms with van der Waals surface area (Å²) in [5.74, 6) is 0.936. The number of carbonyl (C=O) groups excluding carboxylic acids is 1. The highest BCUT2D eigenvalue weighted by atomic mass is 16.1. The number of carbonyl (C=O) groups is 1. The number of likely N-dealkylation sites (tertiary alicyclic amines) is 1. The van der Waals surface area contributed by atoms with Crippen molar-refractivity contribution in [1.29, 1.82) is 0 Å². The number of nitrogens with zero attached hydrogens (tertiary/aromatic N) is 2. The first-order chi connectivity index (χ1) is 8.33. The van der Waals surface area contributed by atoms with Gasteiger partial charge in [-0.05, 0) is 25.0 Å². The Kier molecular flexibility index (Phi) is 2.55. The Labute approximate surface area is 100 Å². The van der Waals surface area contributed by atoms with Crippen LogP contribution in [-0.4, -0.2) is 29.7 Å². The molecule has 17 heavy (non-hydrogen) atoms. The fourth-order valence-corrected chi connectivity index (χ4v) is 2.35. The Balaban J connectivity index is 1.98. The molecule has 0 atom stereocenters. The molecule has 4 heteroatoms. The van der Waals surface area contributed by atoms with Gasteiger partial charge in [0.25, 0.3) is 0 Å². The average Bonchev–Trinajstić information content (AvgIpc) is 2.79. The molecule has 0 aromatic heterocycles. The second-order valence-corrected chi connectivity index (χ2v) is 4.46. The van der Waals surface area contributed by atoms with Crippen molar-refractivity contribution in [2.45, 2.75) is 19.3 Å². The van der Waals surface area contributed by atoms with Gasteiger partial charge < -0.3 is 10.2 Å². The molecule has 0 saturated carbocycles. The van der Waals surface area contributed by atoms with E-state index in [-0.39, 0.29) is 5.91 Å². The van der Waals surface area contributed by atoms with E-state index in [1.807, 2.05) is 24.3 Å². The second kappa shape index (κ2) is 4.20. The Morgan fingerprint density at radius 2 is 1.94 bits per heavy atom. The quantitative estimate of drug-likeness (QED) is 0.741. The first-order valence-electron chi connectivity index (χ1n) is 6.04. The van der Waals surface area contributed by atoms with Gasteiger partial charge in [-0.25, -0.2) is 4.99 Å². The summed E-state index contributed by atoms with van der Waals surface area (Å²) in [6, 6.07) is 7.69. The monoisotopic (exact) mass is 229 g/mol. The summed E-state index contributed by atoms with van der Waals surface area (Å²) >= 11 is 0. The minimum absolute atomic E-state index is 0.0283. The van der Waals surface area contributed by atoms with Crippen molar-refractivity contribution in [2.75, 3.05) is 18.4 Å². The number of hydrogen-bond donors (Lipinski definition) is 1. The summed E-state index contributed by atoms with van der Waals surface area (Å²) in [5.41, 5.74) is 1.67. The van der Waals surface area contributed by atoms with Gasteiger partial charge in [-0.15, -0.1) is 0 Å². The van der Waals surface area contributed by atoms with Crippen molar-refractivity contribution in [3.05, 3.63) is 24.3 Å². The Morgan fingerprint density at radius 1 is 1.18 bits per heavy atom. The van der Waals surface area contributed by atoms with Gasteiger partial charge in [0, 0.05) is 13.1 Å². The number of benzene rings is 1. The molecule has 0 unspecified atom stereocenters. The standard InChI is InChI=1S/C13H15N3O/c17-13-9-12(16-7-3-4-8-16)14-10-5-1-2-6-11(10)15-13/h1-2,5-6H,3-4,7-9H2,(H,15,17). The summed E-state index contributed by atoms with van der Waals surface area (Å²) in [5, 5.41) is 2.90. The summed E-state index contributed by atoms with van der Waals surface area (Å²) in [7, 11) is 0. The molecule has 3 rings (SSSR count). The highest BCUT2D eigenvalue weighted by molar-refractivity contribution is 6.09. The van der Waals surface area contributed by atoms with Gasteiger partial charge in [-0.1, -0.05) is 12.1 Å². The van der Waals surface area contributed by atoms with Crippen LogP contribution in [0.4, 0.5) is 11.4 Å². The third-order valence-corrected chi connectivity index (χ3v) is 3.22. The Bertz CT molecular complexity index is 475. The fraction of sp³-hybridized carbons (Fsp3) is 0.385. The number of para-hydroxylation sites is 2. The topological polar surface area (TPSA) is 44.7 Å². The molecule has 1 aromatic rings. The molecule has 1 fully saturated rings. The van der Waals surface area contributed by atoms with E-state index in [0.717, 1.165) is 30.3 Å². The van der Waals surface area contributed by atoms with Gasteiger partial charge >= 0.3 is 0 Å². The normalized spacial score (nSPS) is 19.4. The molecular weight excluding hydrogens is 214 g/mol. The lowest BCUT2D eigenvalue weighted by Gasteiger charge is -2.18. The molecule has 2 aliphatic rings. The molecule has 0 radical (unpaired) electrons. The molecule has 1 aromatic carbocycles. The van der Waals surface area contributed by atoms with Crippen LogP contribution in [0.2, 0.25) is 0 Å². The number of nitrogens with one attached hydrogen (secondary N) is 1. The van der Waals surface area contributed by atoms with Crippen LogP contribution in [0.5, 0.6) is 0 Å². The molecule has 2 heterocycles. The van der Waals surface area contributed by atoms with Crippen LogP contribution in [0, 0.1) is 0 Å². The minimum atomic E-state index is 0.0283. The van der Waals surface area contributed by atoms with Gasteiger partial charge in [0.1, 0.15) is 5.84 Å². The van der Waals surface area contributed by atoms with Crippen LogP contribution in [0.3, 0.4) is 0 Å². The fourth-order valence-electron chi connectivity index (χ4n) is 2.35. The molecule has 1 amide bonds. The smallest absolute Gasteiger partial charge is 0.232 e. The van der Waals surface area contributed by atoms with Crippen LogP contribution in [0.25, 0.3) is 0 Å². The van der Waals surface area contributed by atoms with Crippen LogP contribution in [-0.2, 0) is 4.79 Å². The van der Waals surface area contributed by atoms with Gasteiger partial charge in [-0.2, -0.15) is 0 Å². The molecule has 0 bridgehead atoms. The maximum absolute atomic E-state index is 11.8. The number of fused-ring (bicyclic) bond motifs is 1. The number of anilines is 1. The first-order valence-corrected chi connectivity index (χ1v) is 6.04. The summed E-state index contributed by atoms with van der Waals surface area (Å²) < 4.78 is 0. The lowest BCUT2D eigenvalue weighted by atomic mass is 10.3. The zero-order chi connectivity index (χ0) is 11.7. The van der Waals surface area contributed by atoms with Crippen LogP contribution < -0.4 is 5.32 Å². The van der Waals surface area contributed by atoms with Crippen LogP contribution in [0.1, 0.15) is 19.3 Å². The van der Waals surface area contributed by atoms with E-state index in [4.69, 9.17) is 0 Å². The number of amides is 1. The third-order valence-electron chi connectivity index (χ3n) is 3.22. The third kappa shape index (κ3) is 2.02. The van der Waals surface area contributed by atoms with E-state index < -0.39 is 0 Å². The molecule has 88 valence electrons.